The second-order valence-corrected chi connectivity index (χ2v) is 7.79. The van der Waals surface area contributed by atoms with Gasteiger partial charge in [0.15, 0.2) is 6.61 Å². The molecule has 3 amide bonds. The summed E-state index contributed by atoms with van der Waals surface area (Å²) in [6.45, 7) is 1.53. The first-order chi connectivity index (χ1) is 13.8. The zero-order valence-corrected chi connectivity index (χ0v) is 17.8. The summed E-state index contributed by atoms with van der Waals surface area (Å²) in [4.78, 5) is 40.4. The van der Waals surface area contributed by atoms with Crippen molar-refractivity contribution in [2.24, 2.45) is 0 Å². The molecule has 1 atom stereocenters. The van der Waals surface area contributed by atoms with Crippen molar-refractivity contribution in [2.75, 3.05) is 30.4 Å². The van der Waals surface area contributed by atoms with E-state index >= 15 is 0 Å². The van der Waals surface area contributed by atoms with Crippen LogP contribution in [0, 0.1) is 0 Å². The fourth-order valence-electron chi connectivity index (χ4n) is 3.12. The summed E-state index contributed by atoms with van der Waals surface area (Å²) in [5, 5.41) is 2.82. The van der Waals surface area contributed by atoms with E-state index in [-0.39, 0.29) is 43.3 Å². The maximum Gasteiger partial charge on any atom is 0.260 e. The van der Waals surface area contributed by atoms with Crippen LogP contribution >= 0.6 is 15.9 Å². The quantitative estimate of drug-likeness (QED) is 0.744. The Hall–Kier alpha value is -2.87. The van der Waals surface area contributed by atoms with Gasteiger partial charge in [-0.25, -0.2) is 0 Å². The van der Waals surface area contributed by atoms with Crippen molar-refractivity contribution in [1.82, 2.24) is 4.90 Å². The molecular weight excluding hydrogens is 438 g/mol. The Labute approximate surface area is 177 Å². The molecule has 0 aliphatic carbocycles. The van der Waals surface area contributed by atoms with E-state index < -0.39 is 0 Å². The van der Waals surface area contributed by atoms with Crippen LogP contribution in [-0.4, -0.2) is 48.9 Å². The van der Waals surface area contributed by atoms with Crippen molar-refractivity contribution in [3.05, 3.63) is 53.0 Å². The second kappa shape index (κ2) is 9.09. The number of fused-ring (bicyclic) bond motifs is 1. The molecule has 2 aromatic rings. The van der Waals surface area contributed by atoms with Crippen molar-refractivity contribution in [1.29, 1.82) is 0 Å². The van der Waals surface area contributed by atoms with Crippen molar-refractivity contribution in [2.45, 2.75) is 19.4 Å². The van der Waals surface area contributed by atoms with Gasteiger partial charge in [-0.3, -0.25) is 14.4 Å². The Kier molecular flexibility index (Phi) is 6.53. The molecule has 1 heterocycles. The van der Waals surface area contributed by atoms with Crippen LogP contribution in [0.4, 0.5) is 11.4 Å². The molecule has 0 radical (unpaired) electrons. The molecule has 0 spiro atoms. The van der Waals surface area contributed by atoms with Gasteiger partial charge in [-0.05, 0) is 43.3 Å². The molecular formula is C21H22BrN3O4. The summed E-state index contributed by atoms with van der Waals surface area (Å²) in [5.41, 5.74) is 1.21. The first kappa shape index (κ1) is 20.9. The zero-order valence-electron chi connectivity index (χ0n) is 16.2. The number of nitrogens with one attached hydrogen (secondary N) is 1. The summed E-state index contributed by atoms with van der Waals surface area (Å²) in [7, 11) is 1.56. The van der Waals surface area contributed by atoms with Gasteiger partial charge in [0.25, 0.3) is 5.91 Å². The molecule has 1 N–H and O–H groups in total. The molecule has 2 aromatic carbocycles. The maximum absolute atomic E-state index is 13.0. The molecule has 0 saturated heterocycles. The number of carbonyl (C=O) groups excluding carboxylic acids is 3. The van der Waals surface area contributed by atoms with Gasteiger partial charge >= 0.3 is 0 Å². The molecule has 3 rings (SSSR count). The minimum atomic E-state index is -0.325. The number of ether oxygens (including phenoxy) is 1. The Bertz CT molecular complexity index is 916. The highest BCUT2D eigenvalue weighted by atomic mass is 79.9. The first-order valence-corrected chi connectivity index (χ1v) is 9.97. The second-order valence-electron chi connectivity index (χ2n) is 6.87. The van der Waals surface area contributed by atoms with Gasteiger partial charge in [-0.2, -0.15) is 0 Å². The highest BCUT2D eigenvalue weighted by Gasteiger charge is 2.30. The van der Waals surface area contributed by atoms with Crippen LogP contribution in [0.3, 0.4) is 0 Å². The van der Waals surface area contributed by atoms with E-state index in [4.69, 9.17) is 4.74 Å². The third kappa shape index (κ3) is 5.14. The fraction of sp³-hybridized carbons (Fsp3) is 0.286. The van der Waals surface area contributed by atoms with E-state index in [9.17, 15) is 14.4 Å². The van der Waals surface area contributed by atoms with Crippen LogP contribution in [0.5, 0.6) is 5.75 Å². The topological polar surface area (TPSA) is 79.0 Å². The fourth-order valence-corrected chi connectivity index (χ4v) is 3.39. The van der Waals surface area contributed by atoms with E-state index in [1.165, 1.54) is 4.90 Å². The molecule has 0 saturated carbocycles. The van der Waals surface area contributed by atoms with Crippen molar-refractivity contribution < 1.29 is 19.1 Å². The molecule has 7 nitrogen and oxygen atoms in total. The molecule has 29 heavy (non-hydrogen) atoms. The predicted molar refractivity (Wildman–Crippen MR) is 114 cm³/mol. The minimum absolute atomic E-state index is 0.116. The highest BCUT2D eigenvalue weighted by molar-refractivity contribution is 9.10. The van der Waals surface area contributed by atoms with Crippen LogP contribution < -0.4 is 15.0 Å². The number of para-hydroxylation sites is 2. The zero-order chi connectivity index (χ0) is 21.0. The number of nitrogens with zero attached hydrogens (tertiary/aromatic N) is 2. The van der Waals surface area contributed by atoms with E-state index in [1.54, 1.807) is 42.3 Å². The molecule has 0 fully saturated rings. The van der Waals surface area contributed by atoms with Gasteiger partial charge in [0.2, 0.25) is 11.8 Å². The standard InChI is InChI=1S/C21H22BrN3O4/c1-14-11-19(26)23-17-5-3-4-6-18(17)25(14)20(27)12-24(2)21(28)13-29-16-9-7-15(22)8-10-16/h3-10,14H,11-13H2,1-2H3,(H,23,26)/t14-/m1/s1. The Balaban J connectivity index is 1.65. The van der Waals surface area contributed by atoms with Crippen molar-refractivity contribution >= 4 is 45.0 Å². The summed E-state index contributed by atoms with van der Waals surface area (Å²) < 4.78 is 6.41. The number of hydrogen-bond acceptors (Lipinski definition) is 4. The molecule has 8 heteroatoms. The lowest BCUT2D eigenvalue weighted by molar-refractivity contribution is -0.135. The summed E-state index contributed by atoms with van der Waals surface area (Å²) in [6.07, 6.45) is 0.185. The Morgan fingerprint density at radius 3 is 2.62 bits per heavy atom. The monoisotopic (exact) mass is 459 g/mol. The third-order valence-corrected chi connectivity index (χ3v) is 5.13. The maximum atomic E-state index is 13.0. The SMILES string of the molecule is C[C@@H]1CC(=O)Nc2ccccc2N1C(=O)CN(C)C(=O)COc1ccc(Br)cc1. The van der Waals surface area contributed by atoms with Crippen LogP contribution in [0.2, 0.25) is 0 Å². The van der Waals surface area contributed by atoms with Crippen LogP contribution in [0.25, 0.3) is 0 Å². The molecule has 1 aliphatic rings. The van der Waals surface area contributed by atoms with Crippen LogP contribution in [0.15, 0.2) is 53.0 Å². The van der Waals surface area contributed by atoms with Gasteiger partial charge in [0.05, 0.1) is 17.9 Å². The largest absolute Gasteiger partial charge is 0.484 e. The number of likely N-dealkylation sites (N-methyl/N-ethyl adjacent to an activating group) is 1. The lowest BCUT2D eigenvalue weighted by Crippen LogP contribution is -2.46. The van der Waals surface area contributed by atoms with E-state index in [0.717, 1.165) is 4.47 Å². The molecule has 0 unspecified atom stereocenters. The van der Waals surface area contributed by atoms with Gasteiger partial charge in [0, 0.05) is 24.0 Å². The van der Waals surface area contributed by atoms with Gasteiger partial charge < -0.3 is 19.9 Å². The summed E-state index contributed by atoms with van der Waals surface area (Å²) >= 11 is 3.34. The molecule has 152 valence electrons. The molecule has 0 aromatic heterocycles. The first-order valence-electron chi connectivity index (χ1n) is 9.18. The summed E-state index contributed by atoms with van der Waals surface area (Å²) in [5.74, 6) is -0.152. The van der Waals surface area contributed by atoms with Crippen molar-refractivity contribution in [3.8, 4) is 5.75 Å². The van der Waals surface area contributed by atoms with E-state index in [1.807, 2.05) is 25.1 Å². The number of anilines is 2. The smallest absolute Gasteiger partial charge is 0.260 e. The normalized spacial score (nSPS) is 15.8. The molecule has 0 bridgehead atoms. The average molecular weight is 460 g/mol. The number of benzene rings is 2. The Morgan fingerprint density at radius 2 is 1.90 bits per heavy atom. The van der Waals surface area contributed by atoms with Crippen LogP contribution in [-0.2, 0) is 14.4 Å². The van der Waals surface area contributed by atoms with Gasteiger partial charge in [-0.15, -0.1) is 0 Å². The predicted octanol–water partition coefficient (Wildman–Crippen LogP) is 3.05. The van der Waals surface area contributed by atoms with E-state index in [0.29, 0.717) is 17.1 Å². The number of amides is 3. The van der Waals surface area contributed by atoms with Crippen molar-refractivity contribution in [3.63, 3.8) is 0 Å². The molecule has 1 aliphatic heterocycles. The third-order valence-electron chi connectivity index (χ3n) is 4.60. The number of hydrogen-bond donors (Lipinski definition) is 1. The van der Waals surface area contributed by atoms with Crippen LogP contribution in [0.1, 0.15) is 13.3 Å². The summed E-state index contributed by atoms with van der Waals surface area (Å²) in [6, 6.07) is 14.0. The highest BCUT2D eigenvalue weighted by Crippen LogP contribution is 2.31. The minimum Gasteiger partial charge on any atom is -0.484 e. The van der Waals surface area contributed by atoms with E-state index in [2.05, 4.69) is 21.2 Å². The van der Waals surface area contributed by atoms with Gasteiger partial charge in [-0.1, -0.05) is 28.1 Å². The average Bonchev–Trinajstić information content (AvgIpc) is 2.81. The number of rotatable bonds is 5. The Morgan fingerprint density at radius 1 is 1.21 bits per heavy atom. The van der Waals surface area contributed by atoms with Gasteiger partial charge in [0.1, 0.15) is 5.75 Å². The number of carbonyl (C=O) groups is 3. The number of halogens is 1. The lowest BCUT2D eigenvalue weighted by atomic mass is 10.1. The lowest BCUT2D eigenvalue weighted by Gasteiger charge is -2.29.